The monoisotopic (exact) mass is 369 g/mol. The van der Waals surface area contributed by atoms with Crippen LogP contribution < -0.4 is 9.64 Å². The van der Waals surface area contributed by atoms with Gasteiger partial charge in [-0.05, 0) is 49.2 Å². The molecule has 0 spiro atoms. The Hall–Kier alpha value is -2.11. The summed E-state index contributed by atoms with van der Waals surface area (Å²) in [5.41, 5.74) is 1.75. The standard InChI is InChI=1S/C20H19NO2S2/c1-3-14(2)23-17-11-9-15(10-12-17)13-18-19(22)21(20(24)25-18)16-7-5-4-6-8-16/h4-14H,3H2,1-2H3/b18-13+/t14-/m1/s1. The van der Waals surface area contributed by atoms with Crippen molar-refractivity contribution >= 4 is 46.0 Å². The lowest BCUT2D eigenvalue weighted by Gasteiger charge is -2.13. The third-order valence-electron chi connectivity index (χ3n) is 3.90. The van der Waals surface area contributed by atoms with E-state index in [9.17, 15) is 4.79 Å². The molecule has 1 aliphatic rings. The molecule has 1 fully saturated rings. The zero-order valence-corrected chi connectivity index (χ0v) is 15.8. The van der Waals surface area contributed by atoms with E-state index < -0.39 is 0 Å². The lowest BCUT2D eigenvalue weighted by Crippen LogP contribution is -2.27. The largest absolute Gasteiger partial charge is 0.491 e. The Labute approximate surface area is 157 Å². The normalized spacial score (nSPS) is 17.2. The van der Waals surface area contributed by atoms with Crippen LogP contribution in [0.1, 0.15) is 25.8 Å². The topological polar surface area (TPSA) is 29.5 Å². The van der Waals surface area contributed by atoms with Crippen LogP contribution in [0.3, 0.4) is 0 Å². The summed E-state index contributed by atoms with van der Waals surface area (Å²) in [6.07, 6.45) is 3.02. The lowest BCUT2D eigenvalue weighted by molar-refractivity contribution is -0.113. The fraction of sp³-hybridized carbons (Fsp3) is 0.200. The Morgan fingerprint density at radius 3 is 2.48 bits per heavy atom. The number of para-hydroxylation sites is 1. The second kappa shape index (κ2) is 7.85. The van der Waals surface area contributed by atoms with Crippen LogP contribution in [0, 0.1) is 0 Å². The fourth-order valence-corrected chi connectivity index (χ4v) is 3.68. The van der Waals surface area contributed by atoms with Gasteiger partial charge in [0.15, 0.2) is 4.32 Å². The fourth-order valence-electron chi connectivity index (χ4n) is 2.38. The van der Waals surface area contributed by atoms with E-state index in [1.54, 1.807) is 4.90 Å². The van der Waals surface area contributed by atoms with Crippen molar-refractivity contribution in [1.82, 2.24) is 0 Å². The van der Waals surface area contributed by atoms with Crippen LogP contribution in [0.4, 0.5) is 5.69 Å². The number of thioether (sulfide) groups is 1. The minimum atomic E-state index is -0.0823. The number of rotatable bonds is 5. The van der Waals surface area contributed by atoms with Crippen molar-refractivity contribution in [2.45, 2.75) is 26.4 Å². The molecule has 3 nitrogen and oxygen atoms in total. The maximum Gasteiger partial charge on any atom is 0.270 e. The molecule has 0 unspecified atom stereocenters. The minimum Gasteiger partial charge on any atom is -0.491 e. The van der Waals surface area contributed by atoms with E-state index in [-0.39, 0.29) is 12.0 Å². The van der Waals surface area contributed by atoms with Gasteiger partial charge in [0.05, 0.1) is 16.7 Å². The number of carbonyl (C=O) groups is 1. The van der Waals surface area contributed by atoms with Crippen LogP contribution >= 0.6 is 24.0 Å². The summed E-state index contributed by atoms with van der Waals surface area (Å²) in [5, 5.41) is 0. The summed E-state index contributed by atoms with van der Waals surface area (Å²) >= 11 is 6.71. The Bertz CT molecular complexity index is 800. The SMILES string of the molecule is CC[C@@H](C)Oc1ccc(/C=C2/SC(=S)N(c3ccccc3)C2=O)cc1. The molecule has 5 heteroatoms. The van der Waals surface area contributed by atoms with Crippen molar-refractivity contribution in [1.29, 1.82) is 0 Å². The highest BCUT2D eigenvalue weighted by Gasteiger charge is 2.33. The molecule has 1 saturated heterocycles. The average molecular weight is 370 g/mol. The molecule has 128 valence electrons. The number of ether oxygens (including phenoxy) is 1. The number of hydrogen-bond donors (Lipinski definition) is 0. The van der Waals surface area contributed by atoms with Gasteiger partial charge in [0.1, 0.15) is 5.75 Å². The predicted octanol–water partition coefficient (Wildman–Crippen LogP) is 5.27. The molecule has 0 aromatic heterocycles. The zero-order valence-electron chi connectivity index (χ0n) is 14.1. The third kappa shape index (κ3) is 4.11. The molecule has 1 atom stereocenters. The number of carbonyl (C=O) groups excluding carboxylic acids is 1. The number of thiocarbonyl (C=S) groups is 1. The number of amides is 1. The number of nitrogens with zero attached hydrogens (tertiary/aromatic N) is 1. The lowest BCUT2D eigenvalue weighted by atomic mass is 10.2. The molecule has 0 N–H and O–H groups in total. The van der Waals surface area contributed by atoms with Gasteiger partial charge in [0.2, 0.25) is 0 Å². The van der Waals surface area contributed by atoms with E-state index in [2.05, 4.69) is 6.92 Å². The first-order valence-corrected chi connectivity index (χ1v) is 9.40. The summed E-state index contributed by atoms with van der Waals surface area (Å²) in [4.78, 5) is 14.9. The van der Waals surface area contributed by atoms with Crippen LogP contribution in [0.2, 0.25) is 0 Å². The molecule has 0 bridgehead atoms. The molecule has 2 aromatic carbocycles. The van der Waals surface area contributed by atoms with Gasteiger partial charge in [0.25, 0.3) is 5.91 Å². The molecule has 3 rings (SSSR count). The number of anilines is 1. The van der Waals surface area contributed by atoms with Crippen molar-refractivity contribution in [2.24, 2.45) is 0 Å². The van der Waals surface area contributed by atoms with Crippen LogP contribution in [0.15, 0.2) is 59.5 Å². The van der Waals surface area contributed by atoms with E-state index >= 15 is 0 Å². The summed E-state index contributed by atoms with van der Waals surface area (Å²) in [6.45, 7) is 4.14. The maximum absolute atomic E-state index is 12.7. The van der Waals surface area contributed by atoms with Crippen molar-refractivity contribution in [2.75, 3.05) is 4.90 Å². The summed E-state index contributed by atoms with van der Waals surface area (Å²) in [6, 6.07) is 17.2. The van der Waals surface area contributed by atoms with Gasteiger partial charge in [-0.1, -0.05) is 61.2 Å². The Morgan fingerprint density at radius 2 is 1.84 bits per heavy atom. The van der Waals surface area contributed by atoms with Crippen LogP contribution in [-0.2, 0) is 4.79 Å². The van der Waals surface area contributed by atoms with Gasteiger partial charge < -0.3 is 4.74 Å². The first kappa shape index (κ1) is 17.7. The van der Waals surface area contributed by atoms with Gasteiger partial charge in [-0.2, -0.15) is 0 Å². The highest BCUT2D eigenvalue weighted by Crippen LogP contribution is 2.36. The Kier molecular flexibility index (Phi) is 5.56. The van der Waals surface area contributed by atoms with Crippen LogP contribution in [0.25, 0.3) is 6.08 Å². The number of benzene rings is 2. The van der Waals surface area contributed by atoms with E-state index in [1.165, 1.54) is 11.8 Å². The average Bonchev–Trinajstić information content (AvgIpc) is 2.90. The molecule has 0 radical (unpaired) electrons. The molecule has 0 saturated carbocycles. The minimum absolute atomic E-state index is 0.0823. The highest BCUT2D eigenvalue weighted by atomic mass is 32.2. The van der Waals surface area contributed by atoms with Gasteiger partial charge in [-0.25, -0.2) is 0 Å². The first-order chi connectivity index (χ1) is 12.1. The molecule has 2 aromatic rings. The summed E-state index contributed by atoms with van der Waals surface area (Å²) in [5.74, 6) is 0.754. The van der Waals surface area contributed by atoms with Crippen molar-refractivity contribution in [3.8, 4) is 5.75 Å². The molecular formula is C20H19NO2S2. The van der Waals surface area contributed by atoms with Crippen molar-refractivity contribution in [3.05, 3.63) is 65.1 Å². The van der Waals surface area contributed by atoms with Gasteiger partial charge in [-0.3, -0.25) is 9.69 Å². The second-order valence-corrected chi connectivity index (χ2v) is 7.43. The zero-order chi connectivity index (χ0) is 17.8. The van der Waals surface area contributed by atoms with E-state index in [0.29, 0.717) is 9.23 Å². The van der Waals surface area contributed by atoms with Gasteiger partial charge in [-0.15, -0.1) is 0 Å². The van der Waals surface area contributed by atoms with Gasteiger partial charge >= 0.3 is 0 Å². The van der Waals surface area contributed by atoms with E-state index in [1.807, 2.05) is 67.6 Å². The predicted molar refractivity (Wildman–Crippen MR) is 109 cm³/mol. The molecule has 1 amide bonds. The smallest absolute Gasteiger partial charge is 0.270 e. The van der Waals surface area contributed by atoms with Gasteiger partial charge in [0, 0.05) is 0 Å². The molecule has 1 heterocycles. The first-order valence-electron chi connectivity index (χ1n) is 8.18. The Balaban J connectivity index is 1.78. The summed E-state index contributed by atoms with van der Waals surface area (Å²) in [7, 11) is 0. The molecule has 1 aliphatic heterocycles. The quantitative estimate of drug-likeness (QED) is 0.530. The van der Waals surface area contributed by atoms with Crippen LogP contribution in [0.5, 0.6) is 5.75 Å². The summed E-state index contributed by atoms with van der Waals surface area (Å²) < 4.78 is 6.33. The Morgan fingerprint density at radius 1 is 1.16 bits per heavy atom. The highest BCUT2D eigenvalue weighted by molar-refractivity contribution is 8.27. The maximum atomic E-state index is 12.7. The van der Waals surface area contributed by atoms with Crippen LogP contribution in [-0.4, -0.2) is 16.3 Å². The van der Waals surface area contributed by atoms with Crippen molar-refractivity contribution in [3.63, 3.8) is 0 Å². The molecule has 25 heavy (non-hydrogen) atoms. The van der Waals surface area contributed by atoms with E-state index in [4.69, 9.17) is 17.0 Å². The van der Waals surface area contributed by atoms with E-state index in [0.717, 1.165) is 23.4 Å². The second-order valence-electron chi connectivity index (χ2n) is 5.76. The third-order valence-corrected chi connectivity index (χ3v) is 5.20. The van der Waals surface area contributed by atoms with Crippen molar-refractivity contribution < 1.29 is 9.53 Å². The molecule has 0 aliphatic carbocycles. The number of hydrogen-bond acceptors (Lipinski definition) is 4. The molecular weight excluding hydrogens is 350 g/mol.